The quantitative estimate of drug-likeness (QED) is 0.793. The lowest BCUT2D eigenvalue weighted by Gasteiger charge is -2.15. The van der Waals surface area contributed by atoms with Crippen molar-refractivity contribution >= 4 is 15.9 Å². The van der Waals surface area contributed by atoms with Gasteiger partial charge in [0.2, 0.25) is 0 Å². The zero-order valence-corrected chi connectivity index (χ0v) is 13.0. The molecule has 0 amide bonds. The summed E-state index contributed by atoms with van der Waals surface area (Å²) in [5.41, 5.74) is -0.00322. The molecule has 112 valence electrons. The maximum atomic E-state index is 14.0. The van der Waals surface area contributed by atoms with Gasteiger partial charge >= 0.3 is 0 Å². The predicted molar refractivity (Wildman–Crippen MR) is 80.3 cm³/mol. The molecule has 1 N–H and O–H groups in total. The van der Waals surface area contributed by atoms with E-state index in [0.717, 1.165) is 12.5 Å². The first-order valence-electron chi connectivity index (χ1n) is 6.58. The van der Waals surface area contributed by atoms with Crippen LogP contribution >= 0.6 is 15.9 Å². The lowest BCUT2D eigenvalue weighted by atomic mass is 10.0. The van der Waals surface area contributed by atoms with Crippen LogP contribution in [0.4, 0.5) is 8.78 Å². The van der Waals surface area contributed by atoms with Crippen molar-refractivity contribution in [2.45, 2.75) is 19.4 Å². The molecule has 2 aromatic rings. The molecule has 1 atom stereocenters. The van der Waals surface area contributed by atoms with Crippen LogP contribution in [0.15, 0.2) is 40.9 Å². The third-order valence-electron chi connectivity index (χ3n) is 3.00. The SMILES string of the molecule is CCCOc1cccc(C(O)c2c(F)ccc(Br)c2F)c1. The largest absolute Gasteiger partial charge is 0.494 e. The molecule has 21 heavy (non-hydrogen) atoms. The zero-order valence-electron chi connectivity index (χ0n) is 11.4. The number of aliphatic hydroxyl groups excluding tert-OH is 1. The molecule has 0 heterocycles. The fourth-order valence-electron chi connectivity index (χ4n) is 1.95. The molecule has 2 aromatic carbocycles. The van der Waals surface area contributed by atoms with Gasteiger partial charge in [-0.3, -0.25) is 0 Å². The van der Waals surface area contributed by atoms with Gasteiger partial charge in [0.1, 0.15) is 23.5 Å². The van der Waals surface area contributed by atoms with E-state index in [4.69, 9.17) is 4.74 Å². The molecule has 0 saturated carbocycles. The normalized spacial score (nSPS) is 12.2. The highest BCUT2D eigenvalue weighted by atomic mass is 79.9. The van der Waals surface area contributed by atoms with Crippen molar-refractivity contribution in [3.05, 3.63) is 63.6 Å². The number of benzene rings is 2. The van der Waals surface area contributed by atoms with E-state index in [1.54, 1.807) is 24.3 Å². The van der Waals surface area contributed by atoms with Crippen LogP contribution in [0.1, 0.15) is 30.6 Å². The van der Waals surface area contributed by atoms with Crippen molar-refractivity contribution in [1.29, 1.82) is 0 Å². The Labute approximate surface area is 130 Å². The second-order valence-corrected chi connectivity index (χ2v) is 5.43. The fourth-order valence-corrected chi connectivity index (χ4v) is 2.30. The fraction of sp³-hybridized carbons (Fsp3) is 0.250. The molecule has 0 saturated heterocycles. The summed E-state index contributed by atoms with van der Waals surface area (Å²) in [5, 5.41) is 10.3. The summed E-state index contributed by atoms with van der Waals surface area (Å²) >= 11 is 2.99. The minimum Gasteiger partial charge on any atom is -0.494 e. The molecule has 5 heteroatoms. The first-order chi connectivity index (χ1) is 10.0. The minimum absolute atomic E-state index is 0.108. The number of ether oxygens (including phenoxy) is 1. The molecule has 0 aliphatic rings. The molecule has 0 fully saturated rings. The van der Waals surface area contributed by atoms with Gasteiger partial charge in [-0.1, -0.05) is 19.1 Å². The van der Waals surface area contributed by atoms with Crippen LogP contribution in [0.2, 0.25) is 0 Å². The van der Waals surface area contributed by atoms with E-state index in [-0.39, 0.29) is 10.0 Å². The molecule has 0 aromatic heterocycles. The van der Waals surface area contributed by atoms with E-state index in [1.165, 1.54) is 6.07 Å². The maximum Gasteiger partial charge on any atom is 0.146 e. The summed E-state index contributed by atoms with van der Waals surface area (Å²) in [6.07, 6.45) is -0.547. The standard InChI is InChI=1S/C16H15BrF2O2/c1-2-8-21-11-5-3-4-10(9-11)16(20)14-13(18)7-6-12(17)15(14)19/h3-7,9,16,20H,2,8H2,1H3. The number of rotatable bonds is 5. The van der Waals surface area contributed by atoms with E-state index in [1.807, 2.05) is 6.92 Å². The van der Waals surface area contributed by atoms with E-state index >= 15 is 0 Å². The number of aliphatic hydroxyl groups is 1. The van der Waals surface area contributed by atoms with Gasteiger partial charge in [0.15, 0.2) is 0 Å². The van der Waals surface area contributed by atoms with Crippen molar-refractivity contribution in [2.24, 2.45) is 0 Å². The molecule has 1 unspecified atom stereocenters. The summed E-state index contributed by atoms with van der Waals surface area (Å²) < 4.78 is 33.4. The predicted octanol–water partition coefficient (Wildman–Crippen LogP) is 4.60. The van der Waals surface area contributed by atoms with E-state index in [2.05, 4.69) is 15.9 Å². The summed E-state index contributed by atoms with van der Waals surface area (Å²) in [4.78, 5) is 0. The highest BCUT2D eigenvalue weighted by molar-refractivity contribution is 9.10. The molecule has 0 aliphatic heterocycles. The van der Waals surface area contributed by atoms with Crippen LogP contribution in [-0.2, 0) is 0 Å². The summed E-state index contributed by atoms with van der Waals surface area (Å²) in [7, 11) is 0. The second kappa shape index (κ2) is 7.00. The molecule has 2 rings (SSSR count). The van der Waals surface area contributed by atoms with Crippen molar-refractivity contribution in [2.75, 3.05) is 6.61 Å². The Morgan fingerprint density at radius 2 is 2.00 bits per heavy atom. The van der Waals surface area contributed by atoms with E-state index in [9.17, 15) is 13.9 Å². The number of hydrogen-bond donors (Lipinski definition) is 1. The number of hydrogen-bond acceptors (Lipinski definition) is 2. The Morgan fingerprint density at radius 1 is 1.24 bits per heavy atom. The van der Waals surface area contributed by atoms with Crippen molar-refractivity contribution in [1.82, 2.24) is 0 Å². The van der Waals surface area contributed by atoms with Gasteiger partial charge in [0.25, 0.3) is 0 Å². The summed E-state index contributed by atoms with van der Waals surface area (Å²) in [6, 6.07) is 8.98. The Balaban J connectivity index is 2.36. The highest BCUT2D eigenvalue weighted by Crippen LogP contribution is 2.31. The lowest BCUT2D eigenvalue weighted by Crippen LogP contribution is -2.07. The van der Waals surface area contributed by atoms with Gasteiger partial charge in [-0.05, 0) is 52.2 Å². The van der Waals surface area contributed by atoms with Crippen LogP contribution < -0.4 is 4.74 Å². The third-order valence-corrected chi connectivity index (χ3v) is 3.61. The van der Waals surface area contributed by atoms with Crippen LogP contribution in [0.5, 0.6) is 5.75 Å². The molecule has 2 nitrogen and oxygen atoms in total. The molecule has 0 spiro atoms. The Hall–Kier alpha value is -1.46. The number of halogens is 3. The molecular formula is C16H15BrF2O2. The Morgan fingerprint density at radius 3 is 2.71 bits per heavy atom. The van der Waals surface area contributed by atoms with Gasteiger partial charge in [0, 0.05) is 0 Å². The first kappa shape index (κ1) is 15.9. The van der Waals surface area contributed by atoms with Gasteiger partial charge < -0.3 is 9.84 Å². The van der Waals surface area contributed by atoms with Crippen LogP contribution in [0, 0.1) is 11.6 Å². The molecule has 0 aliphatic carbocycles. The summed E-state index contributed by atoms with van der Waals surface area (Å²) in [5.74, 6) is -1.03. The van der Waals surface area contributed by atoms with Crippen LogP contribution in [-0.4, -0.2) is 11.7 Å². The van der Waals surface area contributed by atoms with Gasteiger partial charge in [-0.25, -0.2) is 8.78 Å². The molecular weight excluding hydrogens is 342 g/mol. The average Bonchev–Trinajstić information content (AvgIpc) is 2.49. The molecule has 0 bridgehead atoms. The van der Waals surface area contributed by atoms with Gasteiger partial charge in [-0.2, -0.15) is 0 Å². The first-order valence-corrected chi connectivity index (χ1v) is 7.38. The highest BCUT2D eigenvalue weighted by Gasteiger charge is 2.22. The van der Waals surface area contributed by atoms with Gasteiger partial charge in [0.05, 0.1) is 16.6 Å². The van der Waals surface area contributed by atoms with Crippen molar-refractivity contribution in [3.8, 4) is 5.75 Å². The lowest BCUT2D eigenvalue weighted by molar-refractivity contribution is 0.208. The topological polar surface area (TPSA) is 29.5 Å². The summed E-state index contributed by atoms with van der Waals surface area (Å²) in [6.45, 7) is 2.52. The average molecular weight is 357 g/mol. The zero-order chi connectivity index (χ0) is 15.4. The maximum absolute atomic E-state index is 14.0. The minimum atomic E-state index is -1.40. The third kappa shape index (κ3) is 3.60. The smallest absolute Gasteiger partial charge is 0.146 e. The monoisotopic (exact) mass is 356 g/mol. The second-order valence-electron chi connectivity index (χ2n) is 4.58. The Kier molecular flexibility index (Phi) is 5.31. The van der Waals surface area contributed by atoms with Crippen LogP contribution in [0.3, 0.4) is 0 Å². The molecule has 0 radical (unpaired) electrons. The van der Waals surface area contributed by atoms with Crippen LogP contribution in [0.25, 0.3) is 0 Å². The Bertz CT molecular complexity index is 632. The van der Waals surface area contributed by atoms with E-state index < -0.39 is 17.7 Å². The van der Waals surface area contributed by atoms with Crippen molar-refractivity contribution in [3.63, 3.8) is 0 Å². The van der Waals surface area contributed by atoms with E-state index in [0.29, 0.717) is 17.9 Å². The van der Waals surface area contributed by atoms with Gasteiger partial charge in [-0.15, -0.1) is 0 Å². The van der Waals surface area contributed by atoms with Crippen molar-refractivity contribution < 1.29 is 18.6 Å².